The summed E-state index contributed by atoms with van der Waals surface area (Å²) < 4.78 is 0. The molecule has 0 fully saturated rings. The second-order valence-electron chi connectivity index (χ2n) is 3.50. The molecule has 0 spiro atoms. The van der Waals surface area contributed by atoms with Crippen LogP contribution in [0.25, 0.3) is 0 Å². The highest BCUT2D eigenvalue weighted by atomic mass is 16.3. The van der Waals surface area contributed by atoms with Gasteiger partial charge in [-0.2, -0.15) is 0 Å². The summed E-state index contributed by atoms with van der Waals surface area (Å²) in [5.41, 5.74) is 1.18. The first-order valence-electron chi connectivity index (χ1n) is 5.25. The maximum Gasteiger partial charge on any atom is 0.115 e. The first-order valence-corrected chi connectivity index (χ1v) is 5.25. The van der Waals surface area contributed by atoms with E-state index in [4.69, 9.17) is 11.5 Å². The Hall–Kier alpha value is -1.46. The second-order valence-corrected chi connectivity index (χ2v) is 3.50. The standard InChI is InChI=1S/C13H17NO/c1-2-3-4-5-10-14-11-12-6-8-13(15)9-7-12/h1,6-9,14-15H,3-5,10-11H2. The van der Waals surface area contributed by atoms with Gasteiger partial charge in [0.05, 0.1) is 0 Å². The van der Waals surface area contributed by atoms with Gasteiger partial charge in [-0.15, -0.1) is 12.3 Å². The summed E-state index contributed by atoms with van der Waals surface area (Å²) in [4.78, 5) is 0. The van der Waals surface area contributed by atoms with Gasteiger partial charge in [0.15, 0.2) is 0 Å². The molecule has 0 aliphatic carbocycles. The summed E-state index contributed by atoms with van der Waals surface area (Å²) in [5, 5.41) is 12.4. The summed E-state index contributed by atoms with van der Waals surface area (Å²) in [5.74, 6) is 2.94. The number of unbranched alkanes of at least 4 members (excludes halogenated alkanes) is 2. The van der Waals surface area contributed by atoms with Crippen LogP contribution in [0, 0.1) is 12.3 Å². The third-order valence-electron chi connectivity index (χ3n) is 2.19. The van der Waals surface area contributed by atoms with E-state index in [9.17, 15) is 0 Å². The summed E-state index contributed by atoms with van der Waals surface area (Å²) in [6, 6.07) is 7.25. The van der Waals surface area contributed by atoms with Gasteiger partial charge in [-0.25, -0.2) is 0 Å². The van der Waals surface area contributed by atoms with Crippen molar-refractivity contribution in [2.24, 2.45) is 0 Å². The lowest BCUT2D eigenvalue weighted by Crippen LogP contribution is -2.14. The maximum atomic E-state index is 9.09. The van der Waals surface area contributed by atoms with Crippen molar-refractivity contribution >= 4 is 0 Å². The smallest absolute Gasteiger partial charge is 0.115 e. The minimum atomic E-state index is 0.313. The predicted molar refractivity (Wildman–Crippen MR) is 62.5 cm³/mol. The van der Waals surface area contributed by atoms with Crippen molar-refractivity contribution in [1.29, 1.82) is 0 Å². The van der Waals surface area contributed by atoms with Crippen molar-refractivity contribution in [3.63, 3.8) is 0 Å². The van der Waals surface area contributed by atoms with Gasteiger partial charge in [-0.3, -0.25) is 0 Å². The molecule has 0 amide bonds. The van der Waals surface area contributed by atoms with Gasteiger partial charge in [-0.05, 0) is 37.1 Å². The Morgan fingerprint density at radius 2 is 1.93 bits per heavy atom. The van der Waals surface area contributed by atoms with E-state index in [1.165, 1.54) is 5.56 Å². The Morgan fingerprint density at radius 3 is 2.60 bits per heavy atom. The van der Waals surface area contributed by atoms with Crippen LogP contribution >= 0.6 is 0 Å². The number of benzene rings is 1. The monoisotopic (exact) mass is 203 g/mol. The molecule has 0 saturated heterocycles. The van der Waals surface area contributed by atoms with E-state index >= 15 is 0 Å². The second kappa shape index (κ2) is 6.92. The largest absolute Gasteiger partial charge is 0.508 e. The van der Waals surface area contributed by atoms with Crippen LogP contribution in [0.4, 0.5) is 0 Å². The Morgan fingerprint density at radius 1 is 1.20 bits per heavy atom. The van der Waals surface area contributed by atoms with Gasteiger partial charge >= 0.3 is 0 Å². The van der Waals surface area contributed by atoms with Gasteiger partial charge in [-0.1, -0.05) is 12.1 Å². The highest BCUT2D eigenvalue weighted by Crippen LogP contribution is 2.09. The lowest BCUT2D eigenvalue weighted by atomic mass is 10.2. The molecule has 0 aromatic heterocycles. The first kappa shape index (κ1) is 11.6. The minimum Gasteiger partial charge on any atom is -0.508 e. The lowest BCUT2D eigenvalue weighted by molar-refractivity contribution is 0.475. The molecule has 15 heavy (non-hydrogen) atoms. The van der Waals surface area contributed by atoms with Gasteiger partial charge in [0, 0.05) is 13.0 Å². The summed E-state index contributed by atoms with van der Waals surface area (Å²) in [6.07, 6.45) is 8.21. The third kappa shape index (κ3) is 5.09. The number of phenols is 1. The fourth-order valence-corrected chi connectivity index (χ4v) is 1.32. The number of hydrogen-bond donors (Lipinski definition) is 2. The SMILES string of the molecule is C#CCCCCNCc1ccc(O)cc1. The van der Waals surface area contributed by atoms with Crippen molar-refractivity contribution < 1.29 is 5.11 Å². The molecule has 2 heteroatoms. The maximum absolute atomic E-state index is 9.09. The van der Waals surface area contributed by atoms with Gasteiger partial charge < -0.3 is 10.4 Å². The fourth-order valence-electron chi connectivity index (χ4n) is 1.32. The van der Waals surface area contributed by atoms with Crippen LogP contribution in [0.2, 0.25) is 0 Å². The summed E-state index contributed by atoms with van der Waals surface area (Å²) in [7, 11) is 0. The topological polar surface area (TPSA) is 32.3 Å². The zero-order valence-corrected chi connectivity index (χ0v) is 8.87. The summed E-state index contributed by atoms with van der Waals surface area (Å²) >= 11 is 0. The highest BCUT2D eigenvalue weighted by Gasteiger charge is 1.92. The van der Waals surface area contributed by atoms with Crippen LogP contribution in [-0.4, -0.2) is 11.7 Å². The average Bonchev–Trinajstić information content (AvgIpc) is 2.26. The van der Waals surface area contributed by atoms with E-state index in [-0.39, 0.29) is 0 Å². The van der Waals surface area contributed by atoms with Crippen molar-refractivity contribution in [3.8, 4) is 18.1 Å². The fraction of sp³-hybridized carbons (Fsp3) is 0.385. The number of nitrogens with one attached hydrogen (secondary N) is 1. The van der Waals surface area contributed by atoms with Crippen LogP contribution in [0.15, 0.2) is 24.3 Å². The summed E-state index contributed by atoms with van der Waals surface area (Å²) in [6.45, 7) is 1.83. The minimum absolute atomic E-state index is 0.313. The lowest BCUT2D eigenvalue weighted by Gasteiger charge is -2.04. The molecule has 0 bridgehead atoms. The number of hydrogen-bond acceptors (Lipinski definition) is 2. The number of terminal acetylenes is 1. The Labute approximate surface area is 91.3 Å². The van der Waals surface area contributed by atoms with E-state index in [1.54, 1.807) is 12.1 Å². The van der Waals surface area contributed by atoms with Crippen LogP contribution in [0.1, 0.15) is 24.8 Å². The predicted octanol–water partition coefficient (Wildman–Crippen LogP) is 2.29. The van der Waals surface area contributed by atoms with Crippen molar-refractivity contribution in [2.75, 3.05) is 6.54 Å². The molecular weight excluding hydrogens is 186 g/mol. The molecule has 0 saturated carbocycles. The van der Waals surface area contributed by atoms with Crippen LogP contribution in [0.5, 0.6) is 5.75 Å². The molecule has 1 aromatic carbocycles. The molecular formula is C13H17NO. The van der Waals surface area contributed by atoms with E-state index in [0.29, 0.717) is 5.75 Å². The zero-order valence-electron chi connectivity index (χ0n) is 8.87. The molecule has 0 unspecified atom stereocenters. The molecule has 1 aromatic rings. The number of rotatable bonds is 6. The van der Waals surface area contributed by atoms with Crippen LogP contribution in [-0.2, 0) is 6.54 Å². The molecule has 2 N–H and O–H groups in total. The molecule has 0 aliphatic rings. The van der Waals surface area contributed by atoms with Gasteiger partial charge in [0.25, 0.3) is 0 Å². The molecule has 2 nitrogen and oxygen atoms in total. The average molecular weight is 203 g/mol. The van der Waals surface area contributed by atoms with Crippen molar-refractivity contribution in [2.45, 2.75) is 25.8 Å². The zero-order chi connectivity index (χ0) is 10.9. The molecule has 0 atom stereocenters. The van der Waals surface area contributed by atoms with Crippen LogP contribution in [0.3, 0.4) is 0 Å². The molecule has 80 valence electrons. The first-order chi connectivity index (χ1) is 7.33. The van der Waals surface area contributed by atoms with E-state index in [2.05, 4.69) is 11.2 Å². The van der Waals surface area contributed by atoms with Crippen LogP contribution < -0.4 is 5.32 Å². The molecule has 1 rings (SSSR count). The van der Waals surface area contributed by atoms with Gasteiger partial charge in [0.1, 0.15) is 5.75 Å². The molecule has 0 radical (unpaired) electrons. The van der Waals surface area contributed by atoms with E-state index in [1.807, 2.05) is 12.1 Å². The number of aromatic hydroxyl groups is 1. The highest BCUT2D eigenvalue weighted by molar-refractivity contribution is 5.25. The van der Waals surface area contributed by atoms with Gasteiger partial charge in [0.2, 0.25) is 0 Å². The van der Waals surface area contributed by atoms with Crippen molar-refractivity contribution in [1.82, 2.24) is 5.32 Å². The number of phenolic OH excluding ortho intramolecular Hbond substituents is 1. The molecule has 0 aliphatic heterocycles. The Balaban J connectivity index is 2.10. The Bertz CT molecular complexity index is 310. The molecule has 0 heterocycles. The Kier molecular flexibility index (Phi) is 5.35. The normalized spacial score (nSPS) is 9.80. The third-order valence-corrected chi connectivity index (χ3v) is 2.19. The van der Waals surface area contributed by atoms with E-state index in [0.717, 1.165) is 32.4 Å². The quantitative estimate of drug-likeness (QED) is 0.549. The van der Waals surface area contributed by atoms with Crippen molar-refractivity contribution in [3.05, 3.63) is 29.8 Å². The van der Waals surface area contributed by atoms with E-state index < -0.39 is 0 Å².